The Kier molecular flexibility index (Phi) is 4.76. The van der Waals surface area contributed by atoms with E-state index < -0.39 is 0 Å². The van der Waals surface area contributed by atoms with Gasteiger partial charge in [0.2, 0.25) is 5.91 Å². The number of nitrogens with one attached hydrogen (secondary N) is 2. The highest BCUT2D eigenvalue weighted by molar-refractivity contribution is 7.13. The Morgan fingerprint density at radius 2 is 2.04 bits per heavy atom. The van der Waals surface area contributed by atoms with E-state index >= 15 is 0 Å². The lowest BCUT2D eigenvalue weighted by Crippen LogP contribution is -2.14. The van der Waals surface area contributed by atoms with E-state index in [1.807, 2.05) is 54.8 Å². The molecule has 1 amide bonds. The third-order valence-corrected chi connectivity index (χ3v) is 4.74. The van der Waals surface area contributed by atoms with E-state index in [-0.39, 0.29) is 12.3 Å². The Labute approximate surface area is 160 Å². The van der Waals surface area contributed by atoms with Crippen molar-refractivity contribution in [2.75, 3.05) is 10.6 Å². The van der Waals surface area contributed by atoms with Crippen LogP contribution in [0.1, 0.15) is 11.3 Å². The summed E-state index contributed by atoms with van der Waals surface area (Å²) >= 11 is 1.45. The average Bonchev–Trinajstić information content (AvgIpc) is 3.08. The largest absolute Gasteiger partial charge is 0.326 e. The quantitative estimate of drug-likeness (QED) is 0.543. The van der Waals surface area contributed by atoms with Gasteiger partial charge in [0.05, 0.1) is 17.6 Å². The van der Waals surface area contributed by atoms with Gasteiger partial charge in [-0.3, -0.25) is 9.78 Å². The minimum absolute atomic E-state index is 0.108. The Morgan fingerprint density at radius 3 is 2.93 bits per heavy atom. The molecule has 0 aliphatic carbocycles. The number of anilines is 3. The van der Waals surface area contributed by atoms with Crippen LogP contribution in [0.15, 0.2) is 60.2 Å². The molecule has 3 aromatic heterocycles. The zero-order valence-electron chi connectivity index (χ0n) is 14.6. The van der Waals surface area contributed by atoms with Crippen LogP contribution in [0, 0.1) is 6.92 Å². The van der Waals surface area contributed by atoms with Gasteiger partial charge < -0.3 is 10.6 Å². The van der Waals surface area contributed by atoms with E-state index in [2.05, 4.69) is 25.6 Å². The zero-order chi connectivity index (χ0) is 18.6. The van der Waals surface area contributed by atoms with Crippen LogP contribution in [0.5, 0.6) is 0 Å². The molecular weight excluding hydrogens is 358 g/mol. The van der Waals surface area contributed by atoms with Gasteiger partial charge in [0, 0.05) is 28.8 Å². The van der Waals surface area contributed by atoms with Crippen molar-refractivity contribution in [3.63, 3.8) is 0 Å². The highest BCUT2D eigenvalue weighted by Crippen LogP contribution is 2.21. The predicted molar refractivity (Wildman–Crippen MR) is 108 cm³/mol. The van der Waals surface area contributed by atoms with Crippen LogP contribution < -0.4 is 10.6 Å². The SMILES string of the molecule is Cc1ccnc(Nc2nc(CC(=O)Nc3ccc4ncccc4c3)cs2)c1. The molecule has 0 saturated heterocycles. The van der Waals surface area contributed by atoms with Crippen LogP contribution in [-0.2, 0) is 11.2 Å². The van der Waals surface area contributed by atoms with E-state index in [4.69, 9.17) is 0 Å². The first-order chi connectivity index (χ1) is 13.2. The van der Waals surface area contributed by atoms with Crippen molar-refractivity contribution in [1.29, 1.82) is 0 Å². The molecule has 0 spiro atoms. The van der Waals surface area contributed by atoms with Gasteiger partial charge >= 0.3 is 0 Å². The maximum absolute atomic E-state index is 12.3. The van der Waals surface area contributed by atoms with Gasteiger partial charge in [-0.1, -0.05) is 6.07 Å². The summed E-state index contributed by atoms with van der Waals surface area (Å²) in [7, 11) is 0. The van der Waals surface area contributed by atoms with Gasteiger partial charge in [0.25, 0.3) is 0 Å². The van der Waals surface area contributed by atoms with Crippen LogP contribution in [0.2, 0.25) is 0 Å². The number of hydrogen-bond donors (Lipinski definition) is 2. The van der Waals surface area contributed by atoms with Crippen molar-refractivity contribution in [2.45, 2.75) is 13.3 Å². The van der Waals surface area contributed by atoms with E-state index in [0.29, 0.717) is 5.13 Å². The summed E-state index contributed by atoms with van der Waals surface area (Å²) < 4.78 is 0. The Morgan fingerprint density at radius 1 is 1.11 bits per heavy atom. The third kappa shape index (κ3) is 4.27. The Hall–Kier alpha value is -3.32. The second-order valence-electron chi connectivity index (χ2n) is 6.12. The number of aromatic nitrogens is 3. The molecule has 27 heavy (non-hydrogen) atoms. The minimum Gasteiger partial charge on any atom is -0.326 e. The molecule has 4 aromatic rings. The fourth-order valence-corrected chi connectivity index (χ4v) is 3.40. The molecule has 3 heterocycles. The van der Waals surface area contributed by atoms with Crippen molar-refractivity contribution in [1.82, 2.24) is 15.0 Å². The third-order valence-electron chi connectivity index (χ3n) is 3.93. The summed E-state index contributed by atoms with van der Waals surface area (Å²) in [6, 6.07) is 13.4. The van der Waals surface area contributed by atoms with Gasteiger partial charge in [-0.25, -0.2) is 9.97 Å². The summed E-state index contributed by atoms with van der Waals surface area (Å²) in [5.74, 6) is 0.633. The van der Waals surface area contributed by atoms with Crippen LogP contribution >= 0.6 is 11.3 Å². The number of rotatable bonds is 5. The van der Waals surface area contributed by atoms with Crippen molar-refractivity contribution in [3.05, 3.63) is 71.5 Å². The van der Waals surface area contributed by atoms with Crippen LogP contribution in [-0.4, -0.2) is 20.9 Å². The van der Waals surface area contributed by atoms with E-state index in [9.17, 15) is 4.79 Å². The minimum atomic E-state index is -0.108. The summed E-state index contributed by atoms with van der Waals surface area (Å²) in [5, 5.41) is 9.66. The van der Waals surface area contributed by atoms with Crippen molar-refractivity contribution >= 4 is 44.8 Å². The summed E-state index contributed by atoms with van der Waals surface area (Å²) in [4.78, 5) is 25.3. The van der Waals surface area contributed by atoms with E-state index in [1.165, 1.54) is 11.3 Å². The molecule has 0 radical (unpaired) electrons. The maximum atomic E-state index is 12.3. The van der Waals surface area contributed by atoms with Crippen LogP contribution in [0.3, 0.4) is 0 Å². The van der Waals surface area contributed by atoms with Gasteiger partial charge in [0.15, 0.2) is 5.13 Å². The molecule has 134 valence electrons. The molecule has 0 aliphatic rings. The second-order valence-corrected chi connectivity index (χ2v) is 6.98. The smallest absolute Gasteiger partial charge is 0.230 e. The van der Waals surface area contributed by atoms with Crippen LogP contribution in [0.25, 0.3) is 10.9 Å². The van der Waals surface area contributed by atoms with Gasteiger partial charge in [-0.2, -0.15) is 0 Å². The number of hydrogen-bond acceptors (Lipinski definition) is 6. The molecule has 4 rings (SSSR count). The lowest BCUT2D eigenvalue weighted by molar-refractivity contribution is -0.115. The van der Waals surface area contributed by atoms with E-state index in [1.54, 1.807) is 12.4 Å². The molecule has 0 aliphatic heterocycles. The van der Waals surface area contributed by atoms with Crippen molar-refractivity contribution in [3.8, 4) is 0 Å². The van der Waals surface area contributed by atoms with Crippen LogP contribution in [0.4, 0.5) is 16.6 Å². The summed E-state index contributed by atoms with van der Waals surface area (Å²) in [6.07, 6.45) is 3.71. The Bertz CT molecular complexity index is 1110. The monoisotopic (exact) mass is 375 g/mol. The molecule has 0 saturated carbocycles. The lowest BCUT2D eigenvalue weighted by Gasteiger charge is -2.05. The highest BCUT2D eigenvalue weighted by Gasteiger charge is 2.09. The number of aryl methyl sites for hydroxylation is 1. The molecule has 0 atom stereocenters. The number of nitrogens with zero attached hydrogens (tertiary/aromatic N) is 3. The molecule has 2 N–H and O–H groups in total. The molecule has 0 bridgehead atoms. The fraction of sp³-hybridized carbons (Fsp3) is 0.100. The molecular formula is C20H17N5OS. The number of fused-ring (bicyclic) bond motifs is 1. The van der Waals surface area contributed by atoms with E-state index in [0.717, 1.165) is 33.7 Å². The number of thiazole rings is 1. The van der Waals surface area contributed by atoms with Gasteiger partial charge in [-0.15, -0.1) is 11.3 Å². The number of pyridine rings is 2. The van der Waals surface area contributed by atoms with Gasteiger partial charge in [0.1, 0.15) is 5.82 Å². The number of carbonyl (C=O) groups excluding carboxylic acids is 1. The molecule has 0 unspecified atom stereocenters. The van der Waals surface area contributed by atoms with Crippen molar-refractivity contribution in [2.24, 2.45) is 0 Å². The first kappa shape index (κ1) is 17.1. The highest BCUT2D eigenvalue weighted by atomic mass is 32.1. The molecule has 7 heteroatoms. The number of carbonyl (C=O) groups is 1. The topological polar surface area (TPSA) is 79.8 Å². The standard InChI is InChI=1S/C20H17N5OS/c1-13-6-8-22-18(9-13)25-20-24-16(12-27-20)11-19(26)23-15-4-5-17-14(10-15)3-2-7-21-17/h2-10,12H,11H2,1H3,(H,23,26)(H,22,24,25). The van der Waals surface area contributed by atoms with Crippen molar-refractivity contribution < 1.29 is 4.79 Å². The second kappa shape index (κ2) is 7.51. The number of benzene rings is 1. The molecule has 0 fully saturated rings. The van der Waals surface area contributed by atoms with Gasteiger partial charge in [-0.05, 0) is 48.9 Å². The first-order valence-corrected chi connectivity index (χ1v) is 9.32. The number of amides is 1. The molecule has 1 aromatic carbocycles. The summed E-state index contributed by atoms with van der Waals surface area (Å²) in [6.45, 7) is 2.01. The average molecular weight is 375 g/mol. The zero-order valence-corrected chi connectivity index (χ0v) is 15.5. The lowest BCUT2D eigenvalue weighted by atomic mass is 10.2. The maximum Gasteiger partial charge on any atom is 0.230 e. The summed E-state index contributed by atoms with van der Waals surface area (Å²) in [5.41, 5.74) is 3.48. The fourth-order valence-electron chi connectivity index (χ4n) is 2.68. The normalized spacial score (nSPS) is 10.7. The predicted octanol–water partition coefficient (Wildman–Crippen LogP) is 4.32. The Balaban J connectivity index is 1.40. The first-order valence-electron chi connectivity index (χ1n) is 8.44. The molecule has 6 nitrogen and oxygen atoms in total.